The number of H-pyrrole nitrogens is 1. The lowest BCUT2D eigenvalue weighted by molar-refractivity contribution is 1.00. The van der Waals surface area contributed by atoms with Crippen LogP contribution in [0.1, 0.15) is 55.4 Å². The molecule has 158 valence electrons. The summed E-state index contributed by atoms with van der Waals surface area (Å²) in [5.74, 6) is 0. The molecule has 0 bridgehead atoms. The zero-order valence-corrected chi connectivity index (χ0v) is 21.4. The Kier molecular flexibility index (Phi) is 6.27. The van der Waals surface area contributed by atoms with E-state index in [1.807, 2.05) is 0 Å². The fraction of sp³-hybridized carbons (Fsp3) is 0.462. The van der Waals surface area contributed by atoms with E-state index in [4.69, 9.17) is 13.3 Å². The molecule has 0 aliphatic heterocycles. The summed E-state index contributed by atoms with van der Waals surface area (Å²) in [6.45, 7) is 28.5. The third-order valence-electron chi connectivity index (χ3n) is 7.21. The monoisotopic (exact) mass is 427 g/mol. The molecule has 0 amide bonds. The minimum absolute atomic E-state index is 0.560. The van der Waals surface area contributed by atoms with Crippen molar-refractivity contribution in [2.24, 2.45) is 0 Å². The SMILES string of the molecule is [CH2-][P+](c1cccc2c1[nH]c1c([P+]([CH2-])(C(C)C)C(C)C)cccc12)(C(C)C)C(C)C. The van der Waals surface area contributed by atoms with Crippen molar-refractivity contribution >= 4 is 46.9 Å². The van der Waals surface area contributed by atoms with Gasteiger partial charge in [0.25, 0.3) is 0 Å². The Bertz CT molecular complexity index is 914. The standard InChI is InChI=1S/C26H39NP2/c1-17(2)28(9,18(3)4)23-15-11-13-21-22-14-12-16-24(26(22)27-25(21)23)29(10,19(5)6)20(7)8/h11-20,27H,9-10H2,1-8H3. The molecule has 1 nitrogen and oxygen atoms in total. The number of para-hydroxylation sites is 2. The van der Waals surface area contributed by atoms with Gasteiger partial charge in [-0.05, 0) is 67.5 Å². The van der Waals surface area contributed by atoms with Gasteiger partial charge in [-0.15, -0.1) is 0 Å². The maximum Gasteiger partial charge on any atom is 0.0890 e. The number of hydrogen-bond donors (Lipinski definition) is 1. The Hall–Kier alpha value is -0.900. The van der Waals surface area contributed by atoms with Crippen LogP contribution < -0.4 is 10.6 Å². The van der Waals surface area contributed by atoms with Gasteiger partial charge in [-0.1, -0.05) is 38.8 Å². The van der Waals surface area contributed by atoms with Crippen LogP contribution in [-0.4, -0.2) is 27.6 Å². The van der Waals surface area contributed by atoms with Gasteiger partial charge in [0.05, 0.1) is 21.6 Å². The third-order valence-corrected chi connectivity index (χ3v) is 17.1. The molecule has 1 heterocycles. The molecule has 3 heteroatoms. The molecule has 0 aliphatic rings. The Labute approximate surface area is 179 Å². The first kappa shape index (κ1) is 22.8. The predicted molar refractivity (Wildman–Crippen MR) is 140 cm³/mol. The molecule has 0 unspecified atom stereocenters. The first-order valence-corrected chi connectivity index (χ1v) is 15.2. The predicted octanol–water partition coefficient (Wildman–Crippen LogP) is 7.82. The number of aromatic amines is 1. The van der Waals surface area contributed by atoms with Crippen molar-refractivity contribution in [2.75, 3.05) is 0 Å². The molecule has 1 aromatic heterocycles. The molecule has 0 spiro atoms. The van der Waals surface area contributed by atoms with Crippen LogP contribution in [0.3, 0.4) is 0 Å². The molecular formula is C26H39NP2. The van der Waals surface area contributed by atoms with Crippen molar-refractivity contribution in [1.82, 2.24) is 4.98 Å². The van der Waals surface area contributed by atoms with Gasteiger partial charge in [-0.3, -0.25) is 0 Å². The lowest BCUT2D eigenvalue weighted by Crippen LogP contribution is -2.25. The van der Waals surface area contributed by atoms with E-state index in [2.05, 4.69) is 96.8 Å². The summed E-state index contributed by atoms with van der Waals surface area (Å²) in [5, 5.41) is 5.58. The second-order valence-corrected chi connectivity index (χ2v) is 18.6. The minimum Gasteiger partial charge on any atom is -0.348 e. The van der Waals surface area contributed by atoms with E-state index < -0.39 is 14.5 Å². The number of aromatic nitrogens is 1. The van der Waals surface area contributed by atoms with Crippen LogP contribution in [0, 0.1) is 13.3 Å². The highest BCUT2D eigenvalue weighted by Gasteiger charge is 2.39. The van der Waals surface area contributed by atoms with Crippen molar-refractivity contribution in [2.45, 2.75) is 78.0 Å². The van der Waals surface area contributed by atoms with Crippen LogP contribution in [-0.2, 0) is 0 Å². The van der Waals surface area contributed by atoms with Gasteiger partial charge in [0.15, 0.2) is 0 Å². The van der Waals surface area contributed by atoms with E-state index >= 15 is 0 Å². The summed E-state index contributed by atoms with van der Waals surface area (Å²) in [6, 6.07) is 13.7. The average Bonchev–Trinajstić information content (AvgIpc) is 3.04. The molecule has 1 N–H and O–H groups in total. The number of benzene rings is 2. The highest BCUT2D eigenvalue weighted by molar-refractivity contribution is 7.86. The van der Waals surface area contributed by atoms with E-state index in [-0.39, 0.29) is 0 Å². The van der Waals surface area contributed by atoms with Crippen LogP contribution >= 0.6 is 14.5 Å². The number of hydrogen-bond acceptors (Lipinski definition) is 0. The van der Waals surface area contributed by atoms with Crippen LogP contribution in [0.25, 0.3) is 21.8 Å². The second-order valence-electron chi connectivity index (χ2n) is 9.76. The van der Waals surface area contributed by atoms with Crippen LogP contribution in [0.4, 0.5) is 0 Å². The second kappa shape index (κ2) is 7.98. The van der Waals surface area contributed by atoms with E-state index in [0.717, 1.165) is 0 Å². The fourth-order valence-corrected chi connectivity index (χ4v) is 11.4. The Balaban J connectivity index is 2.41. The summed E-state index contributed by atoms with van der Waals surface area (Å²) in [7, 11) is -3.10. The van der Waals surface area contributed by atoms with Gasteiger partial charge in [0.1, 0.15) is 0 Å². The summed E-state index contributed by atoms with van der Waals surface area (Å²) in [4.78, 5) is 3.92. The van der Waals surface area contributed by atoms with Crippen molar-refractivity contribution in [1.29, 1.82) is 0 Å². The third kappa shape index (κ3) is 3.38. The maximum absolute atomic E-state index is 4.87. The number of rotatable bonds is 6. The number of fused-ring (bicyclic) bond motifs is 3. The fourth-order valence-electron chi connectivity index (χ4n) is 4.92. The van der Waals surface area contributed by atoms with Crippen molar-refractivity contribution in [3.8, 4) is 0 Å². The summed E-state index contributed by atoms with van der Waals surface area (Å²) >= 11 is 0. The normalized spacial score (nSPS) is 13.7. The summed E-state index contributed by atoms with van der Waals surface area (Å²) in [6.07, 6.45) is 0. The molecule has 2 aromatic carbocycles. The van der Waals surface area contributed by atoms with E-state index in [0.29, 0.717) is 22.6 Å². The summed E-state index contributed by atoms with van der Waals surface area (Å²) < 4.78 is 0. The highest BCUT2D eigenvalue weighted by Crippen LogP contribution is 2.66. The van der Waals surface area contributed by atoms with Gasteiger partial charge in [-0.25, -0.2) is 0 Å². The lowest BCUT2D eigenvalue weighted by Gasteiger charge is -2.38. The van der Waals surface area contributed by atoms with Gasteiger partial charge in [0, 0.05) is 33.4 Å². The first-order valence-electron chi connectivity index (χ1n) is 11.0. The zero-order chi connectivity index (χ0) is 21.7. The Morgan fingerprint density at radius 1 is 0.586 bits per heavy atom. The molecule has 29 heavy (non-hydrogen) atoms. The quantitative estimate of drug-likeness (QED) is 0.305. The van der Waals surface area contributed by atoms with Crippen LogP contribution in [0.15, 0.2) is 36.4 Å². The average molecular weight is 428 g/mol. The van der Waals surface area contributed by atoms with Gasteiger partial charge in [-0.2, -0.15) is 13.3 Å². The molecule has 3 aromatic rings. The highest BCUT2D eigenvalue weighted by atomic mass is 31.2. The zero-order valence-electron chi connectivity index (χ0n) is 19.6. The topological polar surface area (TPSA) is 15.8 Å². The Morgan fingerprint density at radius 2 is 0.897 bits per heavy atom. The lowest BCUT2D eigenvalue weighted by atomic mass is 10.1. The molecule has 3 rings (SSSR count). The molecule has 0 aliphatic carbocycles. The molecule has 0 fully saturated rings. The van der Waals surface area contributed by atoms with Crippen LogP contribution in [0.5, 0.6) is 0 Å². The minimum atomic E-state index is -1.55. The molecule has 0 saturated carbocycles. The van der Waals surface area contributed by atoms with Crippen molar-refractivity contribution < 1.29 is 0 Å². The van der Waals surface area contributed by atoms with E-state index in [9.17, 15) is 0 Å². The van der Waals surface area contributed by atoms with E-state index in [1.165, 1.54) is 32.4 Å². The molecule has 0 saturated heterocycles. The van der Waals surface area contributed by atoms with Crippen LogP contribution in [0.2, 0.25) is 0 Å². The van der Waals surface area contributed by atoms with Gasteiger partial charge in [0.2, 0.25) is 0 Å². The molecular weight excluding hydrogens is 388 g/mol. The molecule has 0 radical (unpaired) electrons. The number of nitrogens with one attached hydrogen (secondary N) is 1. The largest absolute Gasteiger partial charge is 0.348 e. The summed E-state index contributed by atoms with van der Waals surface area (Å²) in [5.41, 5.74) is 4.85. The Morgan fingerprint density at radius 3 is 1.17 bits per heavy atom. The molecule has 0 atom stereocenters. The van der Waals surface area contributed by atoms with Gasteiger partial charge >= 0.3 is 0 Å². The van der Waals surface area contributed by atoms with E-state index in [1.54, 1.807) is 0 Å². The van der Waals surface area contributed by atoms with Crippen molar-refractivity contribution in [3.05, 3.63) is 49.7 Å². The first-order chi connectivity index (χ1) is 13.5. The smallest absolute Gasteiger partial charge is 0.0890 e. The van der Waals surface area contributed by atoms with Crippen molar-refractivity contribution in [3.63, 3.8) is 0 Å². The van der Waals surface area contributed by atoms with Gasteiger partial charge < -0.3 is 4.98 Å². The maximum atomic E-state index is 4.87.